The molecule has 2 N–H and O–H groups in total. The molecule has 0 aromatic carbocycles. The summed E-state index contributed by atoms with van der Waals surface area (Å²) in [4.78, 5) is 15.1. The highest BCUT2D eigenvalue weighted by atomic mass is 127. The molecule has 3 rings (SSSR count). The van der Waals surface area contributed by atoms with E-state index >= 15 is 0 Å². The van der Waals surface area contributed by atoms with Gasteiger partial charge in [-0.1, -0.05) is 6.92 Å². The SMILES string of the molecule is CCNC(=NCCNS(=O)(=O)c1cccnc1)N1CCC(C)C(n2ccnc2)C1.I. The monoisotopic (exact) mass is 547 g/mol. The molecule has 11 heteroatoms. The van der Waals surface area contributed by atoms with Crippen molar-refractivity contribution in [2.75, 3.05) is 32.7 Å². The van der Waals surface area contributed by atoms with E-state index < -0.39 is 10.0 Å². The third kappa shape index (κ3) is 6.38. The number of aromatic nitrogens is 3. The van der Waals surface area contributed by atoms with Gasteiger partial charge in [0.2, 0.25) is 10.0 Å². The van der Waals surface area contributed by atoms with Gasteiger partial charge in [-0.3, -0.25) is 9.98 Å². The molecule has 166 valence electrons. The number of guanidine groups is 1. The number of piperidine rings is 1. The normalized spacial score (nSPS) is 19.9. The van der Waals surface area contributed by atoms with E-state index in [0.717, 1.165) is 32.0 Å². The average Bonchev–Trinajstić information content (AvgIpc) is 3.26. The molecule has 3 heterocycles. The average molecular weight is 547 g/mol. The molecule has 2 aromatic heterocycles. The van der Waals surface area contributed by atoms with Crippen LogP contribution in [0.25, 0.3) is 0 Å². The predicted molar refractivity (Wildman–Crippen MR) is 127 cm³/mol. The zero-order valence-corrected chi connectivity index (χ0v) is 20.5. The molecule has 1 aliphatic heterocycles. The topological polar surface area (TPSA) is 105 Å². The lowest BCUT2D eigenvalue weighted by Crippen LogP contribution is -2.49. The van der Waals surface area contributed by atoms with Crippen LogP contribution in [0.5, 0.6) is 0 Å². The summed E-state index contributed by atoms with van der Waals surface area (Å²) in [7, 11) is -3.57. The van der Waals surface area contributed by atoms with Crippen LogP contribution in [-0.4, -0.2) is 66.5 Å². The highest BCUT2D eigenvalue weighted by Crippen LogP contribution is 2.27. The zero-order valence-electron chi connectivity index (χ0n) is 17.3. The Kier molecular flexibility index (Phi) is 9.49. The van der Waals surface area contributed by atoms with Gasteiger partial charge in [0.05, 0.1) is 18.9 Å². The third-order valence-corrected chi connectivity index (χ3v) is 6.52. The van der Waals surface area contributed by atoms with Gasteiger partial charge in [-0.05, 0) is 31.4 Å². The molecule has 0 amide bonds. The molecule has 1 saturated heterocycles. The number of pyridine rings is 1. The van der Waals surface area contributed by atoms with E-state index in [-0.39, 0.29) is 35.4 Å². The number of halogens is 1. The molecule has 1 aliphatic rings. The Morgan fingerprint density at radius 1 is 1.33 bits per heavy atom. The van der Waals surface area contributed by atoms with Crippen LogP contribution in [0.15, 0.2) is 53.1 Å². The standard InChI is InChI=1S/C19H29N7O2S.HI/c1-3-22-19(23-8-9-24-29(27,28)17-5-4-7-20-13-17)25-11-6-16(2)18(14-25)26-12-10-21-15-26;/h4-5,7,10,12-13,15-16,18,24H,3,6,8-9,11,14H2,1-2H3,(H,22,23);1H. The quantitative estimate of drug-likeness (QED) is 0.237. The Morgan fingerprint density at radius 2 is 2.17 bits per heavy atom. The number of aliphatic imine (C=N–C) groups is 1. The van der Waals surface area contributed by atoms with Crippen molar-refractivity contribution in [3.8, 4) is 0 Å². The lowest BCUT2D eigenvalue weighted by molar-refractivity contribution is 0.189. The Hall–Kier alpha value is -1.73. The zero-order chi connectivity index (χ0) is 20.7. The molecule has 2 unspecified atom stereocenters. The van der Waals surface area contributed by atoms with Crippen molar-refractivity contribution in [3.05, 3.63) is 43.2 Å². The van der Waals surface area contributed by atoms with Crippen molar-refractivity contribution in [3.63, 3.8) is 0 Å². The van der Waals surface area contributed by atoms with E-state index in [1.54, 1.807) is 18.5 Å². The molecule has 9 nitrogen and oxygen atoms in total. The first-order chi connectivity index (χ1) is 14.0. The second-order valence-electron chi connectivity index (χ2n) is 7.11. The lowest BCUT2D eigenvalue weighted by Gasteiger charge is -2.39. The highest BCUT2D eigenvalue weighted by molar-refractivity contribution is 14.0. The molecule has 0 spiro atoms. The fraction of sp³-hybridized carbons (Fsp3) is 0.526. The van der Waals surface area contributed by atoms with Crippen LogP contribution in [0.3, 0.4) is 0 Å². The Bertz CT molecular complexity index is 891. The van der Waals surface area contributed by atoms with Crippen LogP contribution < -0.4 is 10.0 Å². The van der Waals surface area contributed by atoms with Crippen molar-refractivity contribution < 1.29 is 8.42 Å². The summed E-state index contributed by atoms with van der Waals surface area (Å²) < 4.78 is 29.3. The van der Waals surface area contributed by atoms with Crippen LogP contribution in [0, 0.1) is 5.92 Å². The summed E-state index contributed by atoms with van der Waals surface area (Å²) in [6.07, 6.45) is 9.60. The van der Waals surface area contributed by atoms with Crippen LogP contribution in [0.2, 0.25) is 0 Å². The van der Waals surface area contributed by atoms with Crippen molar-refractivity contribution in [1.82, 2.24) is 29.5 Å². The Morgan fingerprint density at radius 3 is 2.83 bits per heavy atom. The molecule has 0 bridgehead atoms. The number of nitrogens with zero attached hydrogens (tertiary/aromatic N) is 5. The maximum atomic E-state index is 12.3. The van der Waals surface area contributed by atoms with Gasteiger partial charge in [0.25, 0.3) is 0 Å². The van der Waals surface area contributed by atoms with Gasteiger partial charge in [-0.2, -0.15) is 0 Å². The maximum absolute atomic E-state index is 12.3. The minimum atomic E-state index is -3.57. The number of sulfonamides is 1. The summed E-state index contributed by atoms with van der Waals surface area (Å²) in [6.45, 7) is 7.37. The maximum Gasteiger partial charge on any atom is 0.242 e. The van der Waals surface area contributed by atoms with Crippen LogP contribution in [-0.2, 0) is 10.0 Å². The highest BCUT2D eigenvalue weighted by Gasteiger charge is 2.28. The van der Waals surface area contributed by atoms with E-state index in [9.17, 15) is 8.42 Å². The van der Waals surface area contributed by atoms with Gasteiger partial charge < -0.3 is 14.8 Å². The second-order valence-corrected chi connectivity index (χ2v) is 8.88. The predicted octanol–water partition coefficient (Wildman–Crippen LogP) is 1.72. The first-order valence-electron chi connectivity index (χ1n) is 9.91. The van der Waals surface area contributed by atoms with Crippen LogP contribution >= 0.6 is 24.0 Å². The summed E-state index contributed by atoms with van der Waals surface area (Å²) in [5, 5.41) is 3.33. The number of imidazole rings is 1. The van der Waals surface area contributed by atoms with Crippen LogP contribution in [0.1, 0.15) is 26.3 Å². The molecule has 0 radical (unpaired) electrons. The van der Waals surface area contributed by atoms with E-state index in [0.29, 0.717) is 18.5 Å². The summed E-state index contributed by atoms with van der Waals surface area (Å²) in [5.41, 5.74) is 0. The minimum absolute atomic E-state index is 0. The fourth-order valence-electron chi connectivity index (χ4n) is 3.45. The van der Waals surface area contributed by atoms with Gasteiger partial charge in [0.1, 0.15) is 4.90 Å². The number of hydrogen-bond donors (Lipinski definition) is 2. The van der Waals surface area contributed by atoms with E-state index in [2.05, 4.69) is 41.4 Å². The van der Waals surface area contributed by atoms with E-state index in [1.165, 1.54) is 12.3 Å². The molecule has 0 aliphatic carbocycles. The van der Waals surface area contributed by atoms with Gasteiger partial charge in [-0.15, -0.1) is 24.0 Å². The number of rotatable bonds is 7. The van der Waals surface area contributed by atoms with Gasteiger partial charge >= 0.3 is 0 Å². The molecule has 2 atom stereocenters. The lowest BCUT2D eigenvalue weighted by atomic mass is 9.93. The van der Waals surface area contributed by atoms with Gasteiger partial charge in [0, 0.05) is 51.0 Å². The Balaban J connectivity index is 0.00000320. The molecule has 2 aromatic rings. The number of hydrogen-bond acceptors (Lipinski definition) is 5. The minimum Gasteiger partial charge on any atom is -0.357 e. The van der Waals surface area contributed by atoms with Gasteiger partial charge in [0.15, 0.2) is 5.96 Å². The van der Waals surface area contributed by atoms with Crippen molar-refractivity contribution in [1.29, 1.82) is 0 Å². The Labute approximate surface area is 195 Å². The van der Waals surface area contributed by atoms with Crippen molar-refractivity contribution >= 4 is 40.0 Å². The van der Waals surface area contributed by atoms with E-state index in [1.807, 2.05) is 19.4 Å². The molecular formula is C19H30IN7O2S. The first kappa shape index (κ1) is 24.5. The van der Waals surface area contributed by atoms with Crippen LogP contribution in [0.4, 0.5) is 0 Å². The number of nitrogens with one attached hydrogen (secondary N) is 2. The molecular weight excluding hydrogens is 517 g/mol. The largest absolute Gasteiger partial charge is 0.357 e. The summed E-state index contributed by atoms with van der Waals surface area (Å²) in [6, 6.07) is 3.46. The summed E-state index contributed by atoms with van der Waals surface area (Å²) in [5.74, 6) is 1.36. The number of likely N-dealkylation sites (tertiary alicyclic amines) is 1. The fourth-order valence-corrected chi connectivity index (χ4v) is 4.44. The molecule has 30 heavy (non-hydrogen) atoms. The second kappa shape index (κ2) is 11.6. The van der Waals surface area contributed by atoms with E-state index in [4.69, 9.17) is 0 Å². The third-order valence-electron chi connectivity index (χ3n) is 5.07. The van der Waals surface area contributed by atoms with Gasteiger partial charge in [-0.25, -0.2) is 18.1 Å². The first-order valence-corrected chi connectivity index (χ1v) is 11.4. The van der Waals surface area contributed by atoms with Crippen molar-refractivity contribution in [2.45, 2.75) is 31.2 Å². The smallest absolute Gasteiger partial charge is 0.242 e. The summed E-state index contributed by atoms with van der Waals surface area (Å²) >= 11 is 0. The van der Waals surface area contributed by atoms with Crippen molar-refractivity contribution in [2.24, 2.45) is 10.9 Å². The molecule has 1 fully saturated rings. The molecule has 0 saturated carbocycles.